The highest BCUT2D eigenvalue weighted by Crippen LogP contribution is 2.05. The number of unbranched alkanes of at least 4 members (excludes halogenated alkanes) is 1. The van der Waals surface area contributed by atoms with Crippen molar-refractivity contribution >= 4 is 18.0 Å². The van der Waals surface area contributed by atoms with Crippen molar-refractivity contribution in [3.63, 3.8) is 0 Å². The summed E-state index contributed by atoms with van der Waals surface area (Å²) in [5.74, 6) is -1.65. The Bertz CT molecular complexity index is 549. The van der Waals surface area contributed by atoms with Crippen LogP contribution in [0.2, 0.25) is 0 Å². The first-order chi connectivity index (χ1) is 11.4. The van der Waals surface area contributed by atoms with E-state index in [1.807, 2.05) is 18.2 Å². The monoisotopic (exact) mass is 338 g/mol. The van der Waals surface area contributed by atoms with Gasteiger partial charge in [-0.1, -0.05) is 30.3 Å². The lowest BCUT2D eigenvalue weighted by molar-refractivity contribution is -0.162. The van der Waals surface area contributed by atoms with Crippen molar-refractivity contribution < 1.29 is 29.4 Å². The topological polar surface area (TPSA) is 116 Å². The van der Waals surface area contributed by atoms with Crippen molar-refractivity contribution in [3.8, 4) is 0 Å². The van der Waals surface area contributed by atoms with Crippen LogP contribution in [0, 0.1) is 0 Å². The van der Waals surface area contributed by atoms with E-state index in [1.54, 1.807) is 12.1 Å². The Morgan fingerprint density at radius 3 is 2.46 bits per heavy atom. The van der Waals surface area contributed by atoms with Gasteiger partial charge in [-0.15, -0.1) is 0 Å². The molecule has 0 aliphatic rings. The Labute approximate surface area is 140 Å². The molecule has 132 valence electrons. The normalized spacial score (nSPS) is 11.4. The fourth-order valence-corrected chi connectivity index (χ4v) is 1.93. The van der Waals surface area contributed by atoms with Crippen LogP contribution in [0.4, 0.5) is 4.79 Å². The number of aliphatic carboxylic acids is 1. The predicted molar refractivity (Wildman–Crippen MR) is 84.2 cm³/mol. The number of carbonyl (C=O) groups is 3. The number of amides is 2. The number of nitrogens with one attached hydrogen (secondary N) is 1. The SMILES string of the molecule is CC(=O)N(O)CCCC[C@H](NC(=O)OCc1ccccc1)C(=O)O. The Morgan fingerprint density at radius 1 is 1.21 bits per heavy atom. The van der Waals surface area contributed by atoms with Crippen LogP contribution in [0.25, 0.3) is 0 Å². The van der Waals surface area contributed by atoms with E-state index in [2.05, 4.69) is 5.32 Å². The number of hydrogen-bond acceptors (Lipinski definition) is 5. The van der Waals surface area contributed by atoms with Gasteiger partial charge in [0.25, 0.3) is 0 Å². The molecule has 1 atom stereocenters. The number of carboxylic acids is 1. The molecule has 24 heavy (non-hydrogen) atoms. The summed E-state index contributed by atoms with van der Waals surface area (Å²) in [5, 5.41) is 21.2. The van der Waals surface area contributed by atoms with Crippen molar-refractivity contribution in [2.24, 2.45) is 0 Å². The van der Waals surface area contributed by atoms with Crippen LogP contribution >= 0.6 is 0 Å². The van der Waals surface area contributed by atoms with Gasteiger partial charge in [0.05, 0.1) is 0 Å². The summed E-state index contributed by atoms with van der Waals surface area (Å²) >= 11 is 0. The minimum Gasteiger partial charge on any atom is -0.480 e. The van der Waals surface area contributed by atoms with Crippen molar-refractivity contribution in [1.29, 1.82) is 0 Å². The van der Waals surface area contributed by atoms with Gasteiger partial charge in [-0.2, -0.15) is 0 Å². The summed E-state index contributed by atoms with van der Waals surface area (Å²) in [6.45, 7) is 1.39. The molecule has 8 heteroatoms. The molecule has 2 amide bonds. The largest absolute Gasteiger partial charge is 0.480 e. The number of ether oxygens (including phenoxy) is 1. The highest BCUT2D eigenvalue weighted by Gasteiger charge is 2.20. The quantitative estimate of drug-likeness (QED) is 0.359. The second kappa shape index (κ2) is 10.2. The summed E-state index contributed by atoms with van der Waals surface area (Å²) in [7, 11) is 0. The lowest BCUT2D eigenvalue weighted by Gasteiger charge is -2.16. The summed E-state index contributed by atoms with van der Waals surface area (Å²) in [6, 6.07) is 7.95. The number of alkyl carbamates (subject to hydrolysis) is 1. The number of carboxylic acid groups (broad SMARTS) is 1. The molecule has 0 radical (unpaired) electrons. The third kappa shape index (κ3) is 7.59. The minimum atomic E-state index is -1.17. The molecule has 1 rings (SSSR count). The second-order valence-corrected chi connectivity index (χ2v) is 5.23. The molecule has 3 N–H and O–H groups in total. The van der Waals surface area contributed by atoms with Gasteiger partial charge in [0.1, 0.15) is 12.6 Å². The van der Waals surface area contributed by atoms with E-state index in [-0.39, 0.29) is 19.6 Å². The molecule has 0 aromatic heterocycles. The molecule has 0 saturated heterocycles. The first-order valence-corrected chi connectivity index (χ1v) is 7.57. The van der Waals surface area contributed by atoms with Gasteiger partial charge >= 0.3 is 12.1 Å². The molecule has 0 aliphatic carbocycles. The van der Waals surface area contributed by atoms with Crippen molar-refractivity contribution in [1.82, 2.24) is 10.4 Å². The highest BCUT2D eigenvalue weighted by atomic mass is 16.5. The van der Waals surface area contributed by atoms with Crippen LogP contribution in [-0.4, -0.2) is 45.9 Å². The molecule has 0 saturated carbocycles. The van der Waals surface area contributed by atoms with E-state index in [0.29, 0.717) is 17.9 Å². The van der Waals surface area contributed by atoms with Gasteiger partial charge in [-0.05, 0) is 24.8 Å². The number of hydroxylamine groups is 2. The zero-order valence-corrected chi connectivity index (χ0v) is 13.5. The van der Waals surface area contributed by atoms with Crippen molar-refractivity contribution in [2.75, 3.05) is 6.54 Å². The Kier molecular flexibility index (Phi) is 8.28. The maximum absolute atomic E-state index is 11.7. The van der Waals surface area contributed by atoms with Gasteiger partial charge in [0.2, 0.25) is 5.91 Å². The van der Waals surface area contributed by atoms with E-state index in [9.17, 15) is 19.6 Å². The lowest BCUT2D eigenvalue weighted by Crippen LogP contribution is -2.41. The summed E-state index contributed by atoms with van der Waals surface area (Å²) in [4.78, 5) is 33.7. The van der Waals surface area contributed by atoms with Crippen LogP contribution in [-0.2, 0) is 20.9 Å². The summed E-state index contributed by atoms with van der Waals surface area (Å²) in [6.07, 6.45) is 0.196. The minimum absolute atomic E-state index is 0.0527. The number of hydrogen-bond donors (Lipinski definition) is 3. The molecular formula is C16H22N2O6. The van der Waals surface area contributed by atoms with Crippen molar-refractivity contribution in [2.45, 2.75) is 38.8 Å². The van der Waals surface area contributed by atoms with Crippen molar-refractivity contribution in [3.05, 3.63) is 35.9 Å². The molecule has 0 unspecified atom stereocenters. The highest BCUT2D eigenvalue weighted by molar-refractivity contribution is 5.79. The fourth-order valence-electron chi connectivity index (χ4n) is 1.93. The molecule has 0 spiro atoms. The van der Waals surface area contributed by atoms with Crippen LogP contribution in [0.1, 0.15) is 31.7 Å². The number of benzene rings is 1. The Balaban J connectivity index is 2.32. The van der Waals surface area contributed by atoms with E-state index in [0.717, 1.165) is 5.56 Å². The first kappa shape index (κ1) is 19.4. The van der Waals surface area contributed by atoms with Gasteiger partial charge in [-0.25, -0.2) is 14.7 Å². The van der Waals surface area contributed by atoms with Gasteiger partial charge in [-0.3, -0.25) is 10.0 Å². The molecule has 0 bridgehead atoms. The smallest absolute Gasteiger partial charge is 0.408 e. The maximum atomic E-state index is 11.7. The first-order valence-electron chi connectivity index (χ1n) is 7.57. The zero-order chi connectivity index (χ0) is 17.9. The molecule has 0 heterocycles. The van der Waals surface area contributed by atoms with E-state index < -0.39 is 24.0 Å². The van der Waals surface area contributed by atoms with Gasteiger partial charge in [0, 0.05) is 13.5 Å². The lowest BCUT2D eigenvalue weighted by atomic mass is 10.1. The second-order valence-electron chi connectivity index (χ2n) is 5.23. The Morgan fingerprint density at radius 2 is 1.88 bits per heavy atom. The molecule has 8 nitrogen and oxygen atoms in total. The summed E-state index contributed by atoms with van der Waals surface area (Å²) in [5.41, 5.74) is 0.798. The summed E-state index contributed by atoms with van der Waals surface area (Å²) < 4.78 is 4.98. The average Bonchev–Trinajstić information content (AvgIpc) is 2.56. The molecule has 1 aromatic rings. The van der Waals surface area contributed by atoms with Crippen LogP contribution < -0.4 is 5.32 Å². The standard InChI is InChI=1S/C16H22N2O6/c1-12(19)18(23)10-6-5-9-14(15(20)21)17-16(22)24-11-13-7-3-2-4-8-13/h2-4,7-8,14,23H,5-6,9-11H2,1H3,(H,17,22)(H,20,21)/t14-/m0/s1. The third-order valence-corrected chi connectivity index (χ3v) is 3.28. The molecule has 0 aliphatic heterocycles. The number of rotatable bonds is 9. The zero-order valence-electron chi connectivity index (χ0n) is 13.5. The van der Waals surface area contributed by atoms with Crippen LogP contribution in [0.3, 0.4) is 0 Å². The average molecular weight is 338 g/mol. The number of carbonyl (C=O) groups excluding carboxylic acids is 2. The molecule has 1 aromatic carbocycles. The van der Waals surface area contributed by atoms with Gasteiger partial charge in [0.15, 0.2) is 0 Å². The van der Waals surface area contributed by atoms with Crippen LogP contribution in [0.15, 0.2) is 30.3 Å². The third-order valence-electron chi connectivity index (χ3n) is 3.28. The molecule has 0 fully saturated rings. The maximum Gasteiger partial charge on any atom is 0.408 e. The Hall–Kier alpha value is -2.61. The van der Waals surface area contributed by atoms with E-state index in [4.69, 9.17) is 9.84 Å². The fraction of sp³-hybridized carbons (Fsp3) is 0.438. The predicted octanol–water partition coefficient (Wildman–Crippen LogP) is 1.77. The molecular weight excluding hydrogens is 316 g/mol. The van der Waals surface area contributed by atoms with E-state index >= 15 is 0 Å². The van der Waals surface area contributed by atoms with Crippen LogP contribution in [0.5, 0.6) is 0 Å². The van der Waals surface area contributed by atoms with E-state index in [1.165, 1.54) is 6.92 Å². The van der Waals surface area contributed by atoms with Gasteiger partial charge < -0.3 is 15.2 Å². The number of nitrogens with zero attached hydrogens (tertiary/aromatic N) is 1.